The Labute approximate surface area is 135 Å². The van der Waals surface area contributed by atoms with E-state index in [9.17, 15) is 9.59 Å². The Morgan fingerprint density at radius 2 is 1.91 bits per heavy atom. The number of anilines is 1. The lowest BCUT2D eigenvalue weighted by Crippen LogP contribution is -2.42. The van der Waals surface area contributed by atoms with Gasteiger partial charge in [0, 0.05) is 25.3 Å². The SMILES string of the molecule is CCCNC(=O)Nc1ccc(OCC(=O)N2CCOCC2)cc1. The minimum absolute atomic E-state index is 0.00373. The Balaban J connectivity index is 1.76. The molecule has 0 unspecified atom stereocenters. The van der Waals surface area contributed by atoms with Crippen LogP contribution in [0, 0.1) is 0 Å². The fourth-order valence-corrected chi connectivity index (χ4v) is 2.10. The molecular weight excluding hydrogens is 298 g/mol. The summed E-state index contributed by atoms with van der Waals surface area (Å²) in [5.41, 5.74) is 0.672. The van der Waals surface area contributed by atoms with Crippen LogP contribution in [0.3, 0.4) is 0 Å². The first-order chi connectivity index (χ1) is 11.2. The zero-order chi connectivity index (χ0) is 16.5. The van der Waals surface area contributed by atoms with Gasteiger partial charge in [-0.3, -0.25) is 4.79 Å². The molecule has 0 bridgehead atoms. The van der Waals surface area contributed by atoms with Gasteiger partial charge >= 0.3 is 6.03 Å². The number of ether oxygens (including phenoxy) is 2. The smallest absolute Gasteiger partial charge is 0.319 e. The van der Waals surface area contributed by atoms with Crippen LogP contribution in [0.5, 0.6) is 5.75 Å². The number of morpholine rings is 1. The fourth-order valence-electron chi connectivity index (χ4n) is 2.10. The second kappa shape index (κ2) is 8.99. The maximum absolute atomic E-state index is 12.0. The molecule has 0 aliphatic carbocycles. The summed E-state index contributed by atoms with van der Waals surface area (Å²) in [5.74, 6) is 0.542. The average molecular weight is 321 g/mol. The predicted molar refractivity (Wildman–Crippen MR) is 86.6 cm³/mol. The third kappa shape index (κ3) is 5.78. The second-order valence-electron chi connectivity index (χ2n) is 5.19. The van der Waals surface area contributed by atoms with Crippen molar-refractivity contribution in [3.63, 3.8) is 0 Å². The van der Waals surface area contributed by atoms with Crippen LogP contribution in [-0.2, 0) is 9.53 Å². The van der Waals surface area contributed by atoms with Gasteiger partial charge < -0.3 is 25.0 Å². The molecule has 1 saturated heterocycles. The van der Waals surface area contributed by atoms with E-state index in [0.717, 1.165) is 6.42 Å². The highest BCUT2D eigenvalue weighted by Crippen LogP contribution is 2.15. The van der Waals surface area contributed by atoms with Crippen molar-refractivity contribution < 1.29 is 19.1 Å². The highest BCUT2D eigenvalue weighted by Gasteiger charge is 2.17. The molecular formula is C16H23N3O4. The van der Waals surface area contributed by atoms with Crippen LogP contribution >= 0.6 is 0 Å². The Bertz CT molecular complexity index is 513. The number of hydrogen-bond donors (Lipinski definition) is 2. The summed E-state index contributed by atoms with van der Waals surface area (Å²) < 4.78 is 10.7. The minimum atomic E-state index is -0.233. The molecule has 1 aliphatic rings. The van der Waals surface area contributed by atoms with Crippen molar-refractivity contribution in [3.05, 3.63) is 24.3 Å². The first-order valence-corrected chi connectivity index (χ1v) is 7.82. The number of nitrogens with zero attached hydrogens (tertiary/aromatic N) is 1. The molecule has 23 heavy (non-hydrogen) atoms. The average Bonchev–Trinajstić information content (AvgIpc) is 2.60. The van der Waals surface area contributed by atoms with Crippen LogP contribution in [0.1, 0.15) is 13.3 Å². The van der Waals surface area contributed by atoms with Crippen molar-refractivity contribution in [2.45, 2.75) is 13.3 Å². The van der Waals surface area contributed by atoms with E-state index in [2.05, 4.69) is 10.6 Å². The zero-order valence-electron chi connectivity index (χ0n) is 13.3. The summed E-state index contributed by atoms with van der Waals surface area (Å²) >= 11 is 0. The quantitative estimate of drug-likeness (QED) is 0.831. The molecule has 1 aromatic rings. The van der Waals surface area contributed by atoms with E-state index in [-0.39, 0.29) is 18.5 Å². The Morgan fingerprint density at radius 3 is 2.57 bits per heavy atom. The van der Waals surface area contributed by atoms with E-state index in [1.54, 1.807) is 29.2 Å². The van der Waals surface area contributed by atoms with Gasteiger partial charge in [0.15, 0.2) is 6.61 Å². The van der Waals surface area contributed by atoms with E-state index in [1.165, 1.54) is 0 Å². The monoisotopic (exact) mass is 321 g/mol. The van der Waals surface area contributed by atoms with Crippen molar-refractivity contribution >= 4 is 17.6 Å². The Kier molecular flexibility index (Phi) is 6.68. The largest absolute Gasteiger partial charge is 0.484 e. The first-order valence-electron chi connectivity index (χ1n) is 7.82. The second-order valence-corrected chi connectivity index (χ2v) is 5.19. The molecule has 126 valence electrons. The minimum Gasteiger partial charge on any atom is -0.484 e. The molecule has 1 fully saturated rings. The summed E-state index contributed by atoms with van der Waals surface area (Å²) in [5, 5.41) is 5.46. The van der Waals surface area contributed by atoms with Gasteiger partial charge in [0.2, 0.25) is 0 Å². The third-order valence-electron chi connectivity index (χ3n) is 3.37. The van der Waals surface area contributed by atoms with Crippen molar-refractivity contribution in [1.29, 1.82) is 0 Å². The zero-order valence-corrected chi connectivity index (χ0v) is 13.3. The summed E-state index contributed by atoms with van der Waals surface area (Å²) in [6.45, 7) is 5.00. The summed E-state index contributed by atoms with van der Waals surface area (Å²) in [4.78, 5) is 25.2. The van der Waals surface area contributed by atoms with Gasteiger partial charge in [-0.25, -0.2) is 4.79 Å². The lowest BCUT2D eigenvalue weighted by molar-refractivity contribution is -0.137. The molecule has 3 amide bonds. The molecule has 0 atom stereocenters. The summed E-state index contributed by atoms with van der Waals surface area (Å²) in [6.07, 6.45) is 0.886. The molecule has 2 N–H and O–H groups in total. The van der Waals surface area contributed by atoms with Crippen LogP contribution < -0.4 is 15.4 Å². The number of amides is 3. The number of carbonyl (C=O) groups excluding carboxylic acids is 2. The van der Waals surface area contributed by atoms with Gasteiger partial charge in [-0.2, -0.15) is 0 Å². The number of rotatable bonds is 6. The third-order valence-corrected chi connectivity index (χ3v) is 3.37. The molecule has 1 aliphatic heterocycles. The van der Waals surface area contributed by atoms with E-state index in [0.29, 0.717) is 44.3 Å². The van der Waals surface area contributed by atoms with Crippen molar-refractivity contribution in [3.8, 4) is 5.75 Å². The Morgan fingerprint density at radius 1 is 1.22 bits per heavy atom. The number of benzene rings is 1. The van der Waals surface area contributed by atoms with E-state index >= 15 is 0 Å². The highest BCUT2D eigenvalue weighted by molar-refractivity contribution is 5.89. The van der Waals surface area contributed by atoms with Crippen LogP contribution in [0.15, 0.2) is 24.3 Å². The molecule has 0 saturated carbocycles. The molecule has 7 heteroatoms. The van der Waals surface area contributed by atoms with E-state index in [4.69, 9.17) is 9.47 Å². The maximum atomic E-state index is 12.0. The first kappa shape index (κ1) is 17.1. The van der Waals surface area contributed by atoms with Gasteiger partial charge in [0.05, 0.1) is 13.2 Å². The van der Waals surface area contributed by atoms with Crippen molar-refractivity contribution in [1.82, 2.24) is 10.2 Å². The van der Waals surface area contributed by atoms with Gasteiger partial charge in [-0.1, -0.05) is 6.92 Å². The van der Waals surface area contributed by atoms with Gasteiger partial charge in [0.25, 0.3) is 5.91 Å². The molecule has 0 radical (unpaired) electrons. The molecule has 1 heterocycles. The molecule has 2 rings (SSSR count). The van der Waals surface area contributed by atoms with Crippen LogP contribution in [0.25, 0.3) is 0 Å². The number of carbonyl (C=O) groups is 2. The van der Waals surface area contributed by atoms with Gasteiger partial charge in [0.1, 0.15) is 5.75 Å². The molecule has 0 aromatic heterocycles. The number of hydrogen-bond acceptors (Lipinski definition) is 4. The summed E-state index contributed by atoms with van der Waals surface area (Å²) in [7, 11) is 0. The van der Waals surface area contributed by atoms with Crippen LogP contribution in [-0.4, -0.2) is 56.3 Å². The molecule has 1 aromatic carbocycles. The van der Waals surface area contributed by atoms with Gasteiger partial charge in [-0.15, -0.1) is 0 Å². The summed E-state index contributed by atoms with van der Waals surface area (Å²) in [6, 6.07) is 6.69. The standard InChI is InChI=1S/C16H23N3O4/c1-2-7-17-16(21)18-13-3-5-14(6-4-13)23-12-15(20)19-8-10-22-11-9-19/h3-6H,2,7-12H2,1H3,(H2,17,18,21). The van der Waals surface area contributed by atoms with E-state index < -0.39 is 0 Å². The van der Waals surface area contributed by atoms with E-state index in [1.807, 2.05) is 6.92 Å². The molecule has 7 nitrogen and oxygen atoms in total. The number of urea groups is 1. The van der Waals surface area contributed by atoms with Crippen LogP contribution in [0.4, 0.5) is 10.5 Å². The van der Waals surface area contributed by atoms with Crippen LogP contribution in [0.2, 0.25) is 0 Å². The predicted octanol–water partition coefficient (Wildman–Crippen LogP) is 1.46. The fraction of sp³-hybridized carbons (Fsp3) is 0.500. The molecule has 0 spiro atoms. The maximum Gasteiger partial charge on any atom is 0.319 e. The van der Waals surface area contributed by atoms with Gasteiger partial charge in [-0.05, 0) is 30.7 Å². The topological polar surface area (TPSA) is 79.9 Å². The normalized spacial score (nSPS) is 14.2. The van der Waals surface area contributed by atoms with Crippen molar-refractivity contribution in [2.24, 2.45) is 0 Å². The lowest BCUT2D eigenvalue weighted by atomic mass is 10.3. The van der Waals surface area contributed by atoms with Crippen molar-refractivity contribution in [2.75, 3.05) is 44.8 Å². The highest BCUT2D eigenvalue weighted by atomic mass is 16.5. The lowest BCUT2D eigenvalue weighted by Gasteiger charge is -2.26. The Hall–Kier alpha value is -2.28. The number of nitrogens with one attached hydrogen (secondary N) is 2.